The zero-order valence-electron chi connectivity index (χ0n) is 8.86. The maximum Gasteiger partial charge on any atom is 0.114 e. The zero-order valence-corrected chi connectivity index (χ0v) is 8.86. The minimum absolute atomic E-state index is 0.535. The van der Waals surface area contributed by atoms with Crippen molar-refractivity contribution in [3.05, 3.63) is 24.0 Å². The van der Waals surface area contributed by atoms with Gasteiger partial charge >= 0.3 is 0 Å². The first-order chi connectivity index (χ1) is 6.85. The molecule has 0 spiro atoms. The Morgan fingerprint density at radius 2 is 2.36 bits per heavy atom. The molecule has 0 amide bonds. The molecule has 1 fully saturated rings. The van der Waals surface area contributed by atoms with Gasteiger partial charge in [-0.05, 0) is 37.3 Å². The molecular weight excluding hydrogens is 174 g/mol. The van der Waals surface area contributed by atoms with Crippen molar-refractivity contribution < 1.29 is 4.74 Å². The van der Waals surface area contributed by atoms with Crippen LogP contribution in [-0.2, 0) is 4.74 Å². The highest BCUT2D eigenvalue weighted by atomic mass is 16.5. The predicted molar refractivity (Wildman–Crippen MR) is 58.4 cm³/mol. The van der Waals surface area contributed by atoms with Crippen LogP contribution in [0.25, 0.3) is 0 Å². The summed E-state index contributed by atoms with van der Waals surface area (Å²) in [5, 5.41) is 0. The van der Waals surface area contributed by atoms with Gasteiger partial charge in [-0.3, -0.25) is 4.99 Å². The Morgan fingerprint density at radius 3 is 3.07 bits per heavy atom. The Bertz CT molecular complexity index is 301. The lowest BCUT2D eigenvalue weighted by atomic mass is 9.75. The predicted octanol–water partition coefficient (Wildman–Crippen LogP) is 2.57. The summed E-state index contributed by atoms with van der Waals surface area (Å²) in [6.45, 7) is 0. The minimum atomic E-state index is 0.535. The molecular formula is C12H17NO. The Kier molecular flexibility index (Phi) is 2.71. The van der Waals surface area contributed by atoms with E-state index in [1.807, 2.05) is 7.05 Å². The quantitative estimate of drug-likeness (QED) is 0.624. The smallest absolute Gasteiger partial charge is 0.114 e. The lowest BCUT2D eigenvalue weighted by Gasteiger charge is -2.31. The second-order valence-corrected chi connectivity index (χ2v) is 3.93. The molecule has 2 aliphatic rings. The number of ether oxygens (including phenoxy) is 1. The summed E-state index contributed by atoms with van der Waals surface area (Å²) in [6.07, 6.45) is 10.2. The van der Waals surface area contributed by atoms with E-state index in [0.717, 1.165) is 12.2 Å². The van der Waals surface area contributed by atoms with Crippen molar-refractivity contribution in [1.82, 2.24) is 0 Å². The number of aliphatic imine (C=N–C) groups is 1. The van der Waals surface area contributed by atoms with E-state index < -0.39 is 0 Å². The number of nitrogens with zero attached hydrogens (tertiary/aromatic N) is 1. The molecule has 0 bridgehead atoms. The molecule has 0 heterocycles. The van der Waals surface area contributed by atoms with Crippen LogP contribution < -0.4 is 0 Å². The molecule has 0 aromatic rings. The Labute approximate surface area is 85.4 Å². The fraction of sp³-hybridized carbons (Fsp3) is 0.583. The Balaban J connectivity index is 2.20. The summed E-state index contributed by atoms with van der Waals surface area (Å²) in [5.41, 5.74) is 1.35. The van der Waals surface area contributed by atoms with Gasteiger partial charge in [-0.1, -0.05) is 6.08 Å². The van der Waals surface area contributed by atoms with Crippen molar-refractivity contribution in [2.45, 2.75) is 19.3 Å². The lowest BCUT2D eigenvalue weighted by Crippen LogP contribution is -2.27. The van der Waals surface area contributed by atoms with Gasteiger partial charge in [-0.25, -0.2) is 0 Å². The van der Waals surface area contributed by atoms with Crippen LogP contribution in [0.4, 0.5) is 0 Å². The normalized spacial score (nSPS) is 33.9. The summed E-state index contributed by atoms with van der Waals surface area (Å²) in [5.74, 6) is 2.15. The summed E-state index contributed by atoms with van der Waals surface area (Å²) in [7, 11) is 3.63. The molecule has 14 heavy (non-hydrogen) atoms. The first kappa shape index (κ1) is 9.50. The summed E-state index contributed by atoms with van der Waals surface area (Å²) in [6, 6.07) is 0. The monoisotopic (exact) mass is 191 g/mol. The van der Waals surface area contributed by atoms with Crippen LogP contribution in [-0.4, -0.2) is 19.9 Å². The molecule has 0 radical (unpaired) electrons. The molecule has 2 unspecified atom stereocenters. The summed E-state index contributed by atoms with van der Waals surface area (Å²) < 4.78 is 5.24. The number of methoxy groups -OCH3 is 1. The second kappa shape index (κ2) is 3.99. The number of hydrogen-bond donors (Lipinski definition) is 0. The molecule has 2 atom stereocenters. The second-order valence-electron chi connectivity index (χ2n) is 3.93. The number of hydrogen-bond acceptors (Lipinski definition) is 2. The van der Waals surface area contributed by atoms with Crippen molar-refractivity contribution in [2.24, 2.45) is 16.8 Å². The number of fused-ring (bicyclic) bond motifs is 1. The third-order valence-corrected chi connectivity index (χ3v) is 3.19. The van der Waals surface area contributed by atoms with Crippen LogP contribution in [0.5, 0.6) is 0 Å². The van der Waals surface area contributed by atoms with Gasteiger partial charge in [0, 0.05) is 18.7 Å². The molecule has 2 nitrogen and oxygen atoms in total. The number of rotatable bonds is 1. The van der Waals surface area contributed by atoms with E-state index in [0.29, 0.717) is 11.8 Å². The molecule has 0 aromatic carbocycles. The van der Waals surface area contributed by atoms with Gasteiger partial charge in [0.2, 0.25) is 0 Å². The van der Waals surface area contributed by atoms with E-state index in [4.69, 9.17) is 4.74 Å². The van der Waals surface area contributed by atoms with Gasteiger partial charge in [-0.15, -0.1) is 0 Å². The molecule has 2 aliphatic carbocycles. The van der Waals surface area contributed by atoms with Gasteiger partial charge in [0.1, 0.15) is 5.76 Å². The van der Waals surface area contributed by atoms with Crippen molar-refractivity contribution in [1.29, 1.82) is 0 Å². The standard InChI is InChI=1S/C12H17NO/c1-13-12-5-3-4-9-8-10(14-2)6-7-11(9)12/h6-9,11H,3-5H2,1-2H3. The van der Waals surface area contributed by atoms with E-state index in [1.165, 1.54) is 18.6 Å². The first-order valence-electron chi connectivity index (χ1n) is 5.24. The third kappa shape index (κ3) is 1.61. The highest BCUT2D eigenvalue weighted by Crippen LogP contribution is 2.34. The fourth-order valence-corrected chi connectivity index (χ4v) is 2.42. The van der Waals surface area contributed by atoms with Crippen LogP contribution in [0, 0.1) is 11.8 Å². The molecule has 1 saturated carbocycles. The van der Waals surface area contributed by atoms with Crippen molar-refractivity contribution >= 4 is 5.71 Å². The molecule has 2 heteroatoms. The van der Waals surface area contributed by atoms with Crippen LogP contribution >= 0.6 is 0 Å². The molecule has 0 N–H and O–H groups in total. The molecule has 0 saturated heterocycles. The van der Waals surface area contributed by atoms with Crippen LogP contribution in [0.1, 0.15) is 19.3 Å². The SMILES string of the molecule is CN=C1CCCC2C=C(OC)C=CC12. The van der Waals surface area contributed by atoms with Crippen LogP contribution in [0.2, 0.25) is 0 Å². The van der Waals surface area contributed by atoms with Gasteiger partial charge in [0.05, 0.1) is 7.11 Å². The maximum atomic E-state index is 5.24. The molecule has 0 aromatic heterocycles. The van der Waals surface area contributed by atoms with Gasteiger partial charge < -0.3 is 4.74 Å². The minimum Gasteiger partial charge on any atom is -0.497 e. The van der Waals surface area contributed by atoms with Gasteiger partial charge in [-0.2, -0.15) is 0 Å². The molecule has 76 valence electrons. The first-order valence-corrected chi connectivity index (χ1v) is 5.24. The van der Waals surface area contributed by atoms with E-state index in [9.17, 15) is 0 Å². The van der Waals surface area contributed by atoms with E-state index in [-0.39, 0.29) is 0 Å². The lowest BCUT2D eigenvalue weighted by molar-refractivity contribution is 0.294. The Hall–Kier alpha value is -1.05. The zero-order chi connectivity index (χ0) is 9.97. The van der Waals surface area contributed by atoms with E-state index in [1.54, 1.807) is 7.11 Å². The van der Waals surface area contributed by atoms with Crippen molar-refractivity contribution in [3.8, 4) is 0 Å². The summed E-state index contributed by atoms with van der Waals surface area (Å²) in [4.78, 5) is 4.38. The van der Waals surface area contributed by atoms with Crippen LogP contribution in [0.15, 0.2) is 29.0 Å². The topological polar surface area (TPSA) is 21.6 Å². The van der Waals surface area contributed by atoms with E-state index in [2.05, 4.69) is 23.2 Å². The fourth-order valence-electron chi connectivity index (χ4n) is 2.42. The Morgan fingerprint density at radius 1 is 1.50 bits per heavy atom. The maximum absolute atomic E-state index is 5.24. The average molecular weight is 191 g/mol. The number of allylic oxidation sites excluding steroid dienone is 3. The van der Waals surface area contributed by atoms with Gasteiger partial charge in [0.25, 0.3) is 0 Å². The third-order valence-electron chi connectivity index (χ3n) is 3.19. The largest absolute Gasteiger partial charge is 0.497 e. The van der Waals surface area contributed by atoms with E-state index >= 15 is 0 Å². The highest BCUT2D eigenvalue weighted by molar-refractivity contribution is 5.89. The van der Waals surface area contributed by atoms with Crippen molar-refractivity contribution in [3.63, 3.8) is 0 Å². The van der Waals surface area contributed by atoms with Crippen LogP contribution in [0.3, 0.4) is 0 Å². The summed E-state index contributed by atoms with van der Waals surface area (Å²) >= 11 is 0. The van der Waals surface area contributed by atoms with Crippen molar-refractivity contribution in [2.75, 3.05) is 14.2 Å². The molecule has 2 rings (SSSR count). The van der Waals surface area contributed by atoms with Gasteiger partial charge in [0.15, 0.2) is 0 Å². The average Bonchev–Trinajstić information content (AvgIpc) is 2.27. The molecule has 0 aliphatic heterocycles. The highest BCUT2D eigenvalue weighted by Gasteiger charge is 2.28.